The van der Waals surface area contributed by atoms with Crippen LogP contribution in [0.5, 0.6) is 5.88 Å². The van der Waals surface area contributed by atoms with Gasteiger partial charge in [-0.3, -0.25) is 4.57 Å². The minimum Gasteiger partial charge on any atom is -0.474 e. The third-order valence-corrected chi connectivity index (χ3v) is 6.78. The van der Waals surface area contributed by atoms with Crippen LogP contribution in [-0.4, -0.2) is 70.9 Å². The minimum absolute atomic E-state index is 0.0807. The molecule has 9 nitrogen and oxygen atoms in total. The van der Waals surface area contributed by atoms with E-state index in [9.17, 15) is 8.78 Å². The van der Waals surface area contributed by atoms with Gasteiger partial charge in [0.2, 0.25) is 11.8 Å². The first kappa shape index (κ1) is 22.6. The molecule has 1 aromatic carbocycles. The number of aromatic nitrogens is 4. The summed E-state index contributed by atoms with van der Waals surface area (Å²) in [5.41, 5.74) is 1.03. The Bertz CT molecular complexity index is 1180. The Balaban J connectivity index is 1.36. The van der Waals surface area contributed by atoms with Crippen molar-refractivity contribution in [1.29, 1.82) is 0 Å². The fraction of sp³-hybridized carbons (Fsp3) is 0.542. The molecule has 0 bridgehead atoms. The number of hydrogen-bond acceptors (Lipinski definition) is 8. The number of nitrogens with zero attached hydrogens (tertiary/aromatic N) is 5. The summed E-state index contributed by atoms with van der Waals surface area (Å²) in [5, 5.41) is 0. The van der Waals surface area contributed by atoms with E-state index in [-0.39, 0.29) is 11.9 Å². The van der Waals surface area contributed by atoms with Crippen molar-refractivity contribution in [1.82, 2.24) is 19.5 Å². The van der Waals surface area contributed by atoms with Crippen LogP contribution in [0.15, 0.2) is 30.3 Å². The molecule has 0 amide bonds. The summed E-state index contributed by atoms with van der Waals surface area (Å²) < 4.78 is 52.8. The average Bonchev–Trinajstić information content (AvgIpc) is 3.51. The highest BCUT2D eigenvalue weighted by Gasteiger charge is 2.41. The van der Waals surface area contributed by atoms with Crippen molar-refractivity contribution in [2.24, 2.45) is 0 Å². The standard InChI is InChI=1S/C24H27F2N5O4/c25-21(26)22-27-17-3-1-2-4-18(17)31(22)19-15-20(29-23(28-19)30-9-11-32-12-10-30)35-16-5-7-24(8-6-16)33-13-14-34-24/h1-4,15-16,21H,5-14H2. The molecule has 2 saturated heterocycles. The van der Waals surface area contributed by atoms with Gasteiger partial charge >= 0.3 is 0 Å². The minimum atomic E-state index is -2.77. The van der Waals surface area contributed by atoms with Crippen molar-refractivity contribution < 1.29 is 27.7 Å². The number of alkyl halides is 2. The van der Waals surface area contributed by atoms with E-state index < -0.39 is 12.2 Å². The Labute approximate surface area is 201 Å². The van der Waals surface area contributed by atoms with E-state index in [0.717, 1.165) is 25.7 Å². The molecule has 0 unspecified atom stereocenters. The van der Waals surface area contributed by atoms with Crippen LogP contribution in [-0.2, 0) is 14.2 Å². The second kappa shape index (κ2) is 9.29. The number of rotatable bonds is 5. The van der Waals surface area contributed by atoms with E-state index >= 15 is 0 Å². The van der Waals surface area contributed by atoms with E-state index in [1.165, 1.54) is 4.57 Å². The molecule has 6 rings (SSSR count). The summed E-state index contributed by atoms with van der Waals surface area (Å²) in [6, 6.07) is 8.66. The molecule has 1 spiro atoms. The Morgan fingerprint density at radius 1 is 0.971 bits per heavy atom. The largest absolute Gasteiger partial charge is 0.474 e. The van der Waals surface area contributed by atoms with Crippen LogP contribution in [0, 0.1) is 0 Å². The van der Waals surface area contributed by atoms with E-state index in [4.69, 9.17) is 18.9 Å². The van der Waals surface area contributed by atoms with Crippen LogP contribution in [0.25, 0.3) is 16.9 Å². The number of anilines is 1. The molecule has 3 aromatic rings. The molecule has 2 aliphatic heterocycles. The van der Waals surface area contributed by atoms with Crippen molar-refractivity contribution in [2.75, 3.05) is 44.4 Å². The van der Waals surface area contributed by atoms with E-state index in [2.05, 4.69) is 15.0 Å². The third-order valence-electron chi connectivity index (χ3n) is 6.78. The van der Waals surface area contributed by atoms with Crippen LogP contribution < -0.4 is 9.64 Å². The van der Waals surface area contributed by atoms with Gasteiger partial charge in [-0.25, -0.2) is 13.8 Å². The number of imidazole rings is 1. The Morgan fingerprint density at radius 3 is 2.46 bits per heavy atom. The quantitative estimate of drug-likeness (QED) is 0.539. The Morgan fingerprint density at radius 2 is 1.71 bits per heavy atom. The van der Waals surface area contributed by atoms with Gasteiger partial charge in [-0.2, -0.15) is 9.97 Å². The number of para-hydroxylation sites is 2. The zero-order valence-electron chi connectivity index (χ0n) is 19.2. The monoisotopic (exact) mass is 487 g/mol. The zero-order chi connectivity index (χ0) is 23.8. The van der Waals surface area contributed by atoms with Crippen molar-refractivity contribution >= 4 is 17.0 Å². The van der Waals surface area contributed by atoms with Gasteiger partial charge < -0.3 is 23.8 Å². The molecule has 3 aliphatic rings. The lowest BCUT2D eigenvalue weighted by Gasteiger charge is -2.35. The number of benzene rings is 1. The van der Waals surface area contributed by atoms with Gasteiger partial charge in [0.25, 0.3) is 6.43 Å². The highest BCUT2D eigenvalue weighted by molar-refractivity contribution is 5.78. The molecule has 186 valence electrons. The highest BCUT2D eigenvalue weighted by atomic mass is 19.3. The molecular weight excluding hydrogens is 460 g/mol. The SMILES string of the molecule is FC(F)c1nc2ccccc2n1-c1cc(OC2CCC3(CC2)OCCO3)nc(N2CCOCC2)n1. The van der Waals surface area contributed by atoms with Crippen LogP contribution in [0.1, 0.15) is 37.9 Å². The number of hydrogen-bond donors (Lipinski definition) is 0. The van der Waals surface area contributed by atoms with Gasteiger partial charge in [-0.1, -0.05) is 12.1 Å². The summed E-state index contributed by atoms with van der Waals surface area (Å²) in [6.45, 7) is 3.55. The van der Waals surface area contributed by atoms with Gasteiger partial charge in [0.1, 0.15) is 11.9 Å². The first-order valence-corrected chi connectivity index (χ1v) is 12.0. The summed E-state index contributed by atoms with van der Waals surface area (Å²) in [7, 11) is 0. The molecular formula is C24H27F2N5O4. The van der Waals surface area contributed by atoms with E-state index in [0.29, 0.717) is 68.2 Å². The normalized spacial score (nSPS) is 20.8. The maximum Gasteiger partial charge on any atom is 0.296 e. The lowest BCUT2D eigenvalue weighted by atomic mass is 9.92. The van der Waals surface area contributed by atoms with Crippen LogP contribution in [0.4, 0.5) is 14.7 Å². The topological polar surface area (TPSA) is 83.8 Å². The number of halogens is 2. The molecule has 1 aliphatic carbocycles. The summed E-state index contributed by atoms with van der Waals surface area (Å²) >= 11 is 0. The summed E-state index contributed by atoms with van der Waals surface area (Å²) in [4.78, 5) is 15.5. The van der Waals surface area contributed by atoms with Crippen molar-refractivity contribution in [3.05, 3.63) is 36.2 Å². The van der Waals surface area contributed by atoms with E-state index in [1.54, 1.807) is 30.3 Å². The molecule has 0 N–H and O–H groups in total. The summed E-state index contributed by atoms with van der Waals surface area (Å²) in [5.74, 6) is 0.226. The number of morpholine rings is 1. The lowest BCUT2D eigenvalue weighted by molar-refractivity contribution is -0.186. The highest BCUT2D eigenvalue weighted by Crippen LogP contribution is 2.37. The van der Waals surface area contributed by atoms with Crippen molar-refractivity contribution in [2.45, 2.75) is 44.0 Å². The lowest BCUT2D eigenvalue weighted by Crippen LogP contribution is -2.39. The fourth-order valence-electron chi connectivity index (χ4n) is 5.02. The first-order valence-electron chi connectivity index (χ1n) is 12.0. The molecule has 0 atom stereocenters. The maximum atomic E-state index is 14.0. The van der Waals surface area contributed by atoms with Crippen LogP contribution in [0.2, 0.25) is 0 Å². The van der Waals surface area contributed by atoms with Crippen LogP contribution >= 0.6 is 0 Å². The van der Waals surface area contributed by atoms with Crippen molar-refractivity contribution in [3.63, 3.8) is 0 Å². The molecule has 2 aromatic heterocycles. The van der Waals surface area contributed by atoms with Gasteiger partial charge in [-0.05, 0) is 25.0 Å². The molecule has 0 radical (unpaired) electrons. The zero-order valence-corrected chi connectivity index (χ0v) is 19.2. The average molecular weight is 488 g/mol. The fourth-order valence-corrected chi connectivity index (χ4v) is 5.02. The van der Waals surface area contributed by atoms with Crippen LogP contribution in [0.3, 0.4) is 0 Å². The van der Waals surface area contributed by atoms with Gasteiger partial charge in [-0.15, -0.1) is 0 Å². The van der Waals surface area contributed by atoms with Crippen molar-refractivity contribution in [3.8, 4) is 11.7 Å². The predicted molar refractivity (Wildman–Crippen MR) is 122 cm³/mol. The van der Waals surface area contributed by atoms with Gasteiger partial charge in [0, 0.05) is 32.0 Å². The Hall–Kier alpha value is -2.89. The Kier molecular flexibility index (Phi) is 5.99. The van der Waals surface area contributed by atoms with E-state index in [1.807, 2.05) is 4.90 Å². The molecule has 4 heterocycles. The second-order valence-electron chi connectivity index (χ2n) is 8.98. The first-order chi connectivity index (χ1) is 17.1. The molecule has 11 heteroatoms. The maximum absolute atomic E-state index is 14.0. The second-order valence-corrected chi connectivity index (χ2v) is 8.98. The molecule has 1 saturated carbocycles. The number of fused-ring (bicyclic) bond motifs is 1. The predicted octanol–water partition coefficient (Wildman–Crippen LogP) is 3.65. The number of ether oxygens (including phenoxy) is 4. The third kappa shape index (κ3) is 4.43. The smallest absolute Gasteiger partial charge is 0.296 e. The van der Waals surface area contributed by atoms with Gasteiger partial charge in [0.15, 0.2) is 11.6 Å². The van der Waals surface area contributed by atoms with Gasteiger partial charge in [0.05, 0.1) is 37.5 Å². The molecule has 35 heavy (non-hydrogen) atoms. The molecule has 3 fully saturated rings. The summed E-state index contributed by atoms with van der Waals surface area (Å²) in [6.07, 6.45) is 0.143.